The van der Waals surface area contributed by atoms with E-state index in [1.165, 1.54) is 103 Å². The quantitative estimate of drug-likeness (QED) is 0.0725. The van der Waals surface area contributed by atoms with Crippen LogP contribution in [0.3, 0.4) is 0 Å². The molecule has 4 nitrogen and oxygen atoms in total. The molecule has 214 valence electrons. The number of allylic oxidation sites excluding steroid dienone is 2. The first-order valence-corrected chi connectivity index (χ1v) is 16.2. The van der Waals surface area contributed by atoms with Crippen LogP contribution in [-0.2, 0) is 19.1 Å². The Balaban J connectivity index is 1.53. The van der Waals surface area contributed by atoms with Gasteiger partial charge in [0.25, 0.3) is 0 Å². The second-order valence-electron chi connectivity index (χ2n) is 11.7. The van der Waals surface area contributed by atoms with Gasteiger partial charge in [0.15, 0.2) is 0 Å². The van der Waals surface area contributed by atoms with Crippen LogP contribution < -0.4 is 0 Å². The normalized spacial score (nSPS) is 22.0. The molecule has 0 aromatic heterocycles. The summed E-state index contributed by atoms with van der Waals surface area (Å²) >= 11 is 0. The first kappa shape index (κ1) is 31.9. The summed E-state index contributed by atoms with van der Waals surface area (Å²) in [5.41, 5.74) is 0. The Kier molecular flexibility index (Phi) is 17.8. The summed E-state index contributed by atoms with van der Waals surface area (Å²) in [6, 6.07) is 0. The van der Waals surface area contributed by atoms with Gasteiger partial charge >= 0.3 is 11.9 Å². The van der Waals surface area contributed by atoms with Gasteiger partial charge in [-0.1, -0.05) is 142 Å². The molecule has 2 rings (SSSR count). The summed E-state index contributed by atoms with van der Waals surface area (Å²) in [7, 11) is 0. The predicted molar refractivity (Wildman–Crippen MR) is 153 cm³/mol. The van der Waals surface area contributed by atoms with Gasteiger partial charge in [0.05, 0.1) is 25.0 Å². The number of fused-ring (bicyclic) bond motifs is 2. The first-order chi connectivity index (χ1) is 18.2. The van der Waals surface area contributed by atoms with Gasteiger partial charge < -0.3 is 9.47 Å². The maximum atomic E-state index is 12.9. The summed E-state index contributed by atoms with van der Waals surface area (Å²) < 4.78 is 11.3. The third kappa shape index (κ3) is 12.9. The van der Waals surface area contributed by atoms with Gasteiger partial charge in [0.2, 0.25) is 0 Å². The van der Waals surface area contributed by atoms with Crippen LogP contribution in [0.4, 0.5) is 0 Å². The highest BCUT2D eigenvalue weighted by Crippen LogP contribution is 2.49. The summed E-state index contributed by atoms with van der Waals surface area (Å²) in [5.74, 6) is -0.792. The summed E-state index contributed by atoms with van der Waals surface area (Å²) in [6.45, 7) is 5.47. The topological polar surface area (TPSA) is 52.6 Å². The lowest BCUT2D eigenvalue weighted by molar-refractivity contribution is -0.161. The number of hydrogen-bond donors (Lipinski definition) is 0. The van der Waals surface area contributed by atoms with Crippen LogP contribution in [0.2, 0.25) is 0 Å². The average Bonchev–Trinajstić information content (AvgIpc) is 3.52. The Morgan fingerprint density at radius 1 is 0.514 bits per heavy atom. The second kappa shape index (κ2) is 20.6. The van der Waals surface area contributed by atoms with Crippen LogP contribution in [0.15, 0.2) is 12.2 Å². The van der Waals surface area contributed by atoms with Gasteiger partial charge in [0, 0.05) is 0 Å². The molecule has 2 aliphatic rings. The van der Waals surface area contributed by atoms with E-state index in [-0.39, 0.29) is 35.6 Å². The third-order valence-corrected chi connectivity index (χ3v) is 8.49. The maximum Gasteiger partial charge on any atom is 0.310 e. The fourth-order valence-corrected chi connectivity index (χ4v) is 6.18. The highest BCUT2D eigenvalue weighted by molar-refractivity contribution is 5.84. The number of unbranched alkanes of at least 4 members (excludes halogenated alkanes) is 18. The van der Waals surface area contributed by atoms with Gasteiger partial charge in [-0.15, -0.1) is 0 Å². The zero-order valence-corrected chi connectivity index (χ0v) is 24.4. The SMILES string of the molecule is CCCCCCCCCCCCOC(=O)C1C2C=CC(C2)C1C(=O)OCCCCCCCCCCCC. The van der Waals surface area contributed by atoms with E-state index in [2.05, 4.69) is 26.0 Å². The van der Waals surface area contributed by atoms with Crippen molar-refractivity contribution in [3.8, 4) is 0 Å². The summed E-state index contributed by atoms with van der Waals surface area (Å²) in [5, 5.41) is 0. The molecule has 37 heavy (non-hydrogen) atoms. The van der Waals surface area contributed by atoms with E-state index in [1.54, 1.807) is 0 Å². The van der Waals surface area contributed by atoms with Crippen LogP contribution in [0.1, 0.15) is 149 Å². The minimum atomic E-state index is -0.349. The molecule has 0 aliphatic heterocycles. The van der Waals surface area contributed by atoms with Gasteiger partial charge in [-0.25, -0.2) is 0 Å². The predicted octanol–water partition coefficient (Wildman–Crippen LogP) is 9.35. The van der Waals surface area contributed by atoms with Crippen LogP contribution in [0, 0.1) is 23.7 Å². The van der Waals surface area contributed by atoms with Crippen molar-refractivity contribution in [3.05, 3.63) is 12.2 Å². The van der Waals surface area contributed by atoms with Crippen molar-refractivity contribution >= 4 is 11.9 Å². The monoisotopic (exact) mass is 518 g/mol. The highest BCUT2D eigenvalue weighted by Gasteiger charge is 2.53. The van der Waals surface area contributed by atoms with Crippen molar-refractivity contribution in [1.82, 2.24) is 0 Å². The van der Waals surface area contributed by atoms with Crippen molar-refractivity contribution in [2.24, 2.45) is 23.7 Å². The molecule has 2 bridgehead atoms. The lowest BCUT2D eigenvalue weighted by Gasteiger charge is -2.25. The first-order valence-electron chi connectivity index (χ1n) is 16.2. The Bertz CT molecular complexity index is 576. The zero-order valence-electron chi connectivity index (χ0n) is 24.4. The minimum absolute atomic E-state index is 0.139. The lowest BCUT2D eigenvalue weighted by Crippen LogP contribution is -2.35. The highest BCUT2D eigenvalue weighted by atomic mass is 16.5. The number of carbonyl (C=O) groups excluding carboxylic acids is 2. The molecule has 0 saturated heterocycles. The second-order valence-corrected chi connectivity index (χ2v) is 11.7. The Morgan fingerprint density at radius 2 is 0.811 bits per heavy atom. The fourth-order valence-electron chi connectivity index (χ4n) is 6.18. The van der Waals surface area contributed by atoms with Gasteiger partial charge in [0.1, 0.15) is 0 Å². The van der Waals surface area contributed by atoms with E-state index in [4.69, 9.17) is 9.47 Å². The summed E-state index contributed by atoms with van der Waals surface area (Å²) in [6.07, 6.45) is 30.4. The molecule has 2 aliphatic carbocycles. The Hall–Kier alpha value is -1.32. The minimum Gasteiger partial charge on any atom is -0.465 e. The molecule has 4 atom stereocenters. The van der Waals surface area contributed by atoms with Crippen LogP contribution >= 0.6 is 0 Å². The third-order valence-electron chi connectivity index (χ3n) is 8.49. The van der Waals surface area contributed by atoms with Gasteiger partial charge in [-0.3, -0.25) is 9.59 Å². The standard InChI is InChI=1S/C33H58O4/c1-3-5-7-9-11-13-15-17-19-21-25-36-32(34)30-28-23-24-29(27-28)31(30)33(35)37-26-22-20-18-16-14-12-10-8-6-4-2/h23-24,28-31H,3-22,25-27H2,1-2H3. The number of rotatable bonds is 24. The van der Waals surface area contributed by atoms with Crippen molar-refractivity contribution in [2.75, 3.05) is 13.2 Å². The Labute approximate surface area is 228 Å². The lowest BCUT2D eigenvalue weighted by atomic mass is 9.83. The molecule has 0 heterocycles. The number of hydrogen-bond acceptors (Lipinski definition) is 4. The van der Waals surface area contributed by atoms with E-state index < -0.39 is 0 Å². The van der Waals surface area contributed by atoms with E-state index >= 15 is 0 Å². The smallest absolute Gasteiger partial charge is 0.310 e. The molecule has 1 saturated carbocycles. The van der Waals surface area contributed by atoms with Crippen molar-refractivity contribution in [2.45, 2.75) is 149 Å². The molecular weight excluding hydrogens is 460 g/mol. The van der Waals surface area contributed by atoms with Crippen molar-refractivity contribution < 1.29 is 19.1 Å². The Morgan fingerprint density at radius 3 is 1.14 bits per heavy atom. The number of ether oxygens (including phenoxy) is 2. The average molecular weight is 519 g/mol. The van der Waals surface area contributed by atoms with Crippen LogP contribution in [0.25, 0.3) is 0 Å². The molecule has 4 heteroatoms. The largest absolute Gasteiger partial charge is 0.465 e. The maximum absolute atomic E-state index is 12.9. The molecule has 0 aromatic rings. The van der Waals surface area contributed by atoms with E-state index in [1.807, 2.05) is 0 Å². The molecule has 0 N–H and O–H groups in total. The van der Waals surface area contributed by atoms with E-state index in [9.17, 15) is 9.59 Å². The fraction of sp³-hybridized carbons (Fsp3) is 0.879. The molecule has 0 amide bonds. The molecule has 0 radical (unpaired) electrons. The molecule has 1 fully saturated rings. The molecule has 0 aromatic carbocycles. The van der Waals surface area contributed by atoms with Gasteiger partial charge in [-0.05, 0) is 31.1 Å². The van der Waals surface area contributed by atoms with Crippen molar-refractivity contribution in [1.29, 1.82) is 0 Å². The zero-order chi connectivity index (χ0) is 26.6. The van der Waals surface area contributed by atoms with E-state index in [0.717, 1.165) is 32.1 Å². The van der Waals surface area contributed by atoms with Gasteiger partial charge in [-0.2, -0.15) is 0 Å². The number of esters is 2. The number of carbonyl (C=O) groups is 2. The van der Waals surface area contributed by atoms with Crippen LogP contribution in [-0.4, -0.2) is 25.2 Å². The molecular formula is C33H58O4. The van der Waals surface area contributed by atoms with Crippen molar-refractivity contribution in [3.63, 3.8) is 0 Å². The molecule has 0 spiro atoms. The van der Waals surface area contributed by atoms with E-state index in [0.29, 0.717) is 13.2 Å². The molecule has 4 unspecified atom stereocenters. The van der Waals surface area contributed by atoms with Crippen LogP contribution in [0.5, 0.6) is 0 Å². The summed E-state index contributed by atoms with van der Waals surface area (Å²) in [4.78, 5) is 25.8.